The fourth-order valence-corrected chi connectivity index (χ4v) is 1.49. The van der Waals surface area contributed by atoms with E-state index in [0.717, 1.165) is 13.0 Å². The van der Waals surface area contributed by atoms with E-state index in [9.17, 15) is 0 Å². The van der Waals surface area contributed by atoms with E-state index in [1.165, 1.54) is 11.1 Å². The van der Waals surface area contributed by atoms with Crippen LogP contribution in [0.25, 0.3) is 5.57 Å². The van der Waals surface area contributed by atoms with Crippen LogP contribution in [0.5, 0.6) is 0 Å². The Morgan fingerprint density at radius 3 is 2.69 bits per heavy atom. The molecule has 13 heavy (non-hydrogen) atoms. The summed E-state index contributed by atoms with van der Waals surface area (Å²) in [7, 11) is 0. The van der Waals surface area contributed by atoms with Crippen LogP contribution >= 0.6 is 0 Å². The van der Waals surface area contributed by atoms with Gasteiger partial charge in [-0.3, -0.25) is 0 Å². The summed E-state index contributed by atoms with van der Waals surface area (Å²) < 4.78 is 5.22. The standard InChI is InChI=1S/C12H14O/c1-2-10(8-12-9-13-12)11-6-4-3-5-7-11/h2-7,12H,8-9H2,1H3/b10-2+. The Morgan fingerprint density at radius 2 is 2.15 bits per heavy atom. The highest BCUT2D eigenvalue weighted by Gasteiger charge is 2.23. The van der Waals surface area contributed by atoms with Gasteiger partial charge in [-0.2, -0.15) is 0 Å². The molecule has 1 saturated heterocycles. The molecular formula is C12H14O. The first-order valence-corrected chi connectivity index (χ1v) is 4.72. The Morgan fingerprint density at radius 1 is 1.46 bits per heavy atom. The van der Waals surface area contributed by atoms with Gasteiger partial charge in [0.1, 0.15) is 0 Å². The summed E-state index contributed by atoms with van der Waals surface area (Å²) in [6.45, 7) is 3.02. The van der Waals surface area contributed by atoms with Gasteiger partial charge in [0.2, 0.25) is 0 Å². The van der Waals surface area contributed by atoms with Crippen molar-refractivity contribution < 1.29 is 4.74 Å². The zero-order chi connectivity index (χ0) is 9.10. The molecule has 0 N–H and O–H groups in total. The zero-order valence-electron chi connectivity index (χ0n) is 7.86. The third kappa shape index (κ3) is 2.19. The minimum Gasteiger partial charge on any atom is -0.373 e. The van der Waals surface area contributed by atoms with Crippen molar-refractivity contribution in [1.29, 1.82) is 0 Å². The molecule has 1 nitrogen and oxygen atoms in total. The molecule has 1 fully saturated rings. The fraction of sp³-hybridized carbons (Fsp3) is 0.333. The average Bonchev–Trinajstić information content (AvgIpc) is 2.99. The van der Waals surface area contributed by atoms with Gasteiger partial charge in [-0.1, -0.05) is 36.4 Å². The molecule has 0 spiro atoms. The maximum absolute atomic E-state index is 5.22. The van der Waals surface area contributed by atoms with Gasteiger partial charge in [0.15, 0.2) is 0 Å². The second kappa shape index (κ2) is 3.75. The van der Waals surface area contributed by atoms with Gasteiger partial charge in [0, 0.05) is 6.42 Å². The van der Waals surface area contributed by atoms with E-state index < -0.39 is 0 Å². The summed E-state index contributed by atoms with van der Waals surface area (Å²) in [5, 5.41) is 0. The van der Waals surface area contributed by atoms with Crippen LogP contribution in [-0.4, -0.2) is 12.7 Å². The van der Waals surface area contributed by atoms with Crippen molar-refractivity contribution in [3.05, 3.63) is 42.0 Å². The molecule has 1 aromatic rings. The highest BCUT2D eigenvalue weighted by Crippen LogP contribution is 2.25. The zero-order valence-corrected chi connectivity index (χ0v) is 7.86. The van der Waals surface area contributed by atoms with Gasteiger partial charge in [0.05, 0.1) is 12.7 Å². The van der Waals surface area contributed by atoms with Crippen molar-refractivity contribution in [2.75, 3.05) is 6.61 Å². The van der Waals surface area contributed by atoms with Crippen molar-refractivity contribution in [1.82, 2.24) is 0 Å². The largest absolute Gasteiger partial charge is 0.373 e. The summed E-state index contributed by atoms with van der Waals surface area (Å²) in [6.07, 6.45) is 3.71. The van der Waals surface area contributed by atoms with Gasteiger partial charge < -0.3 is 4.74 Å². The number of hydrogen-bond donors (Lipinski definition) is 0. The van der Waals surface area contributed by atoms with Crippen LogP contribution in [-0.2, 0) is 4.74 Å². The maximum atomic E-state index is 5.22. The van der Waals surface area contributed by atoms with Crippen LogP contribution in [0.1, 0.15) is 18.9 Å². The molecular weight excluding hydrogens is 160 g/mol. The first-order chi connectivity index (χ1) is 6.40. The number of benzene rings is 1. The Kier molecular flexibility index (Phi) is 2.46. The molecule has 1 heteroatoms. The first-order valence-electron chi connectivity index (χ1n) is 4.72. The Bertz CT molecular complexity index is 296. The predicted octanol–water partition coefficient (Wildman–Crippen LogP) is 2.88. The molecule has 1 aliphatic rings. The molecule has 0 amide bonds. The third-order valence-electron chi connectivity index (χ3n) is 2.34. The van der Waals surface area contributed by atoms with Gasteiger partial charge >= 0.3 is 0 Å². The Hall–Kier alpha value is -1.08. The Balaban J connectivity index is 2.12. The SMILES string of the molecule is C/C=C(\CC1CO1)c1ccccc1. The van der Waals surface area contributed by atoms with Crippen LogP contribution in [0.2, 0.25) is 0 Å². The second-order valence-corrected chi connectivity index (χ2v) is 3.34. The lowest BCUT2D eigenvalue weighted by atomic mass is 10.0. The summed E-state index contributed by atoms with van der Waals surface area (Å²) in [6, 6.07) is 10.5. The van der Waals surface area contributed by atoms with Crippen LogP contribution in [0.15, 0.2) is 36.4 Å². The van der Waals surface area contributed by atoms with E-state index >= 15 is 0 Å². The summed E-state index contributed by atoms with van der Waals surface area (Å²) >= 11 is 0. The normalized spacial score (nSPS) is 21.6. The van der Waals surface area contributed by atoms with Crippen LogP contribution < -0.4 is 0 Å². The summed E-state index contributed by atoms with van der Waals surface area (Å²) in [5.74, 6) is 0. The predicted molar refractivity (Wildman–Crippen MR) is 54.5 cm³/mol. The van der Waals surface area contributed by atoms with Gasteiger partial charge in [-0.15, -0.1) is 0 Å². The van der Waals surface area contributed by atoms with Crippen molar-refractivity contribution >= 4 is 5.57 Å². The van der Waals surface area contributed by atoms with E-state index in [0.29, 0.717) is 6.10 Å². The highest BCUT2D eigenvalue weighted by molar-refractivity contribution is 5.65. The van der Waals surface area contributed by atoms with E-state index in [4.69, 9.17) is 4.74 Å². The minimum absolute atomic E-state index is 0.478. The van der Waals surface area contributed by atoms with E-state index in [-0.39, 0.29) is 0 Å². The van der Waals surface area contributed by atoms with Crippen LogP contribution in [0.4, 0.5) is 0 Å². The first kappa shape index (κ1) is 8.52. The van der Waals surface area contributed by atoms with Crippen molar-refractivity contribution in [2.45, 2.75) is 19.4 Å². The number of epoxide rings is 1. The Labute approximate surface area is 79.0 Å². The van der Waals surface area contributed by atoms with E-state index in [1.807, 2.05) is 6.07 Å². The topological polar surface area (TPSA) is 12.5 Å². The molecule has 68 valence electrons. The van der Waals surface area contributed by atoms with Crippen molar-refractivity contribution in [3.8, 4) is 0 Å². The molecule has 0 aliphatic carbocycles. The van der Waals surface area contributed by atoms with Crippen molar-refractivity contribution in [2.24, 2.45) is 0 Å². The molecule has 1 aliphatic heterocycles. The van der Waals surface area contributed by atoms with Crippen LogP contribution in [0.3, 0.4) is 0 Å². The molecule has 2 rings (SSSR count). The number of ether oxygens (including phenoxy) is 1. The van der Waals surface area contributed by atoms with Gasteiger partial charge in [0.25, 0.3) is 0 Å². The molecule has 1 atom stereocenters. The second-order valence-electron chi connectivity index (χ2n) is 3.34. The average molecular weight is 174 g/mol. The van der Waals surface area contributed by atoms with Crippen LogP contribution in [0, 0.1) is 0 Å². The van der Waals surface area contributed by atoms with E-state index in [2.05, 4.69) is 37.3 Å². The lowest BCUT2D eigenvalue weighted by molar-refractivity contribution is 0.412. The molecule has 0 aromatic heterocycles. The number of allylic oxidation sites excluding steroid dienone is 1. The molecule has 1 aromatic carbocycles. The maximum Gasteiger partial charge on any atom is 0.0850 e. The van der Waals surface area contributed by atoms with Crippen molar-refractivity contribution in [3.63, 3.8) is 0 Å². The van der Waals surface area contributed by atoms with Gasteiger partial charge in [-0.05, 0) is 18.1 Å². The highest BCUT2D eigenvalue weighted by atomic mass is 16.6. The molecule has 0 bridgehead atoms. The number of rotatable bonds is 3. The van der Waals surface area contributed by atoms with E-state index in [1.54, 1.807) is 0 Å². The summed E-state index contributed by atoms with van der Waals surface area (Å²) in [4.78, 5) is 0. The molecule has 0 radical (unpaired) electrons. The molecule has 1 heterocycles. The smallest absolute Gasteiger partial charge is 0.0850 e. The monoisotopic (exact) mass is 174 g/mol. The molecule has 0 saturated carbocycles. The summed E-state index contributed by atoms with van der Waals surface area (Å²) in [5.41, 5.74) is 2.71. The molecule has 1 unspecified atom stereocenters. The number of hydrogen-bond acceptors (Lipinski definition) is 1. The lowest BCUT2D eigenvalue weighted by Gasteiger charge is -2.04. The van der Waals surface area contributed by atoms with Gasteiger partial charge in [-0.25, -0.2) is 0 Å². The minimum atomic E-state index is 0.478. The third-order valence-corrected chi connectivity index (χ3v) is 2.34. The fourth-order valence-electron chi connectivity index (χ4n) is 1.49. The quantitative estimate of drug-likeness (QED) is 0.642. The lowest BCUT2D eigenvalue weighted by Crippen LogP contribution is -1.89.